The Labute approximate surface area is 129 Å². The van der Waals surface area contributed by atoms with E-state index in [1.54, 1.807) is 18.3 Å². The van der Waals surface area contributed by atoms with Crippen LogP contribution in [0.15, 0.2) is 5.38 Å². The molecule has 1 aromatic heterocycles. The number of hydrogen-bond donors (Lipinski definition) is 1. The number of nitrogens with zero attached hydrogens (tertiary/aromatic N) is 2. The van der Waals surface area contributed by atoms with E-state index in [0.29, 0.717) is 12.5 Å². The highest BCUT2D eigenvalue weighted by Gasteiger charge is 2.25. The lowest BCUT2D eigenvalue weighted by molar-refractivity contribution is -0.130. The zero-order chi connectivity index (χ0) is 15.4. The molecule has 0 saturated carbocycles. The standard InChI is InChI=1S/C15H23N3O2S/c1-10(2)14(20)16-7-13-9-21-15(17-13)12-5-4-6-18(8-12)11(3)19/h9-10,12H,4-8H2,1-3H3,(H,16,20). The molecule has 6 heteroatoms. The lowest BCUT2D eigenvalue weighted by Gasteiger charge is -2.30. The Morgan fingerprint density at radius 3 is 2.95 bits per heavy atom. The number of carbonyl (C=O) groups is 2. The molecule has 1 N–H and O–H groups in total. The first-order valence-corrected chi connectivity index (χ1v) is 8.33. The highest BCUT2D eigenvalue weighted by Crippen LogP contribution is 2.29. The Hall–Kier alpha value is -1.43. The quantitative estimate of drug-likeness (QED) is 0.927. The molecule has 1 saturated heterocycles. The van der Waals surface area contributed by atoms with Crippen LogP contribution in [-0.2, 0) is 16.1 Å². The third-order valence-electron chi connectivity index (χ3n) is 3.75. The second-order valence-electron chi connectivity index (χ2n) is 5.85. The van der Waals surface area contributed by atoms with E-state index < -0.39 is 0 Å². The summed E-state index contributed by atoms with van der Waals surface area (Å²) < 4.78 is 0. The van der Waals surface area contributed by atoms with Crippen LogP contribution < -0.4 is 5.32 Å². The van der Waals surface area contributed by atoms with Crippen LogP contribution in [0.2, 0.25) is 0 Å². The van der Waals surface area contributed by atoms with Gasteiger partial charge in [0.2, 0.25) is 11.8 Å². The number of carbonyl (C=O) groups excluding carboxylic acids is 2. The third kappa shape index (κ3) is 4.27. The van der Waals surface area contributed by atoms with Crippen molar-refractivity contribution in [2.75, 3.05) is 13.1 Å². The largest absolute Gasteiger partial charge is 0.350 e. The molecule has 1 aliphatic rings. The minimum absolute atomic E-state index is 0.00873. The number of amides is 2. The summed E-state index contributed by atoms with van der Waals surface area (Å²) in [7, 11) is 0. The van der Waals surface area contributed by atoms with Crippen molar-refractivity contribution in [3.8, 4) is 0 Å². The predicted molar refractivity (Wildman–Crippen MR) is 83.0 cm³/mol. The third-order valence-corrected chi connectivity index (χ3v) is 4.81. The fourth-order valence-electron chi connectivity index (χ4n) is 2.44. The van der Waals surface area contributed by atoms with Gasteiger partial charge in [-0.25, -0.2) is 4.98 Å². The number of likely N-dealkylation sites (tertiary alicyclic amines) is 1. The van der Waals surface area contributed by atoms with Gasteiger partial charge in [-0.05, 0) is 12.8 Å². The van der Waals surface area contributed by atoms with E-state index in [-0.39, 0.29) is 17.7 Å². The molecule has 21 heavy (non-hydrogen) atoms. The van der Waals surface area contributed by atoms with Gasteiger partial charge in [0.1, 0.15) is 0 Å². The van der Waals surface area contributed by atoms with Crippen molar-refractivity contribution < 1.29 is 9.59 Å². The molecule has 1 unspecified atom stereocenters. The molecule has 1 aromatic rings. The van der Waals surface area contributed by atoms with Crippen LogP contribution in [0.1, 0.15) is 50.2 Å². The summed E-state index contributed by atoms with van der Waals surface area (Å²) in [6.07, 6.45) is 2.11. The van der Waals surface area contributed by atoms with Gasteiger partial charge in [-0.1, -0.05) is 13.8 Å². The van der Waals surface area contributed by atoms with Crippen molar-refractivity contribution in [2.45, 2.75) is 46.1 Å². The lowest BCUT2D eigenvalue weighted by Crippen LogP contribution is -2.37. The van der Waals surface area contributed by atoms with Crippen LogP contribution in [-0.4, -0.2) is 34.8 Å². The molecule has 5 nitrogen and oxygen atoms in total. The minimum atomic E-state index is -0.00873. The van der Waals surface area contributed by atoms with Crippen molar-refractivity contribution in [1.29, 1.82) is 0 Å². The average molecular weight is 309 g/mol. The normalized spacial score (nSPS) is 18.9. The number of aromatic nitrogens is 1. The molecule has 1 atom stereocenters. The van der Waals surface area contributed by atoms with Crippen molar-refractivity contribution in [2.24, 2.45) is 5.92 Å². The Morgan fingerprint density at radius 1 is 1.52 bits per heavy atom. The zero-order valence-corrected chi connectivity index (χ0v) is 13.7. The summed E-state index contributed by atoms with van der Waals surface area (Å²) in [5, 5.41) is 5.96. The van der Waals surface area contributed by atoms with Crippen molar-refractivity contribution in [3.63, 3.8) is 0 Å². The maximum absolute atomic E-state index is 11.6. The highest BCUT2D eigenvalue weighted by molar-refractivity contribution is 7.09. The van der Waals surface area contributed by atoms with Crippen LogP contribution in [0.4, 0.5) is 0 Å². The first-order chi connectivity index (χ1) is 9.97. The summed E-state index contributed by atoms with van der Waals surface area (Å²) in [5.74, 6) is 0.512. The molecule has 0 aromatic carbocycles. The molecule has 2 amide bonds. The first kappa shape index (κ1) is 15.9. The lowest BCUT2D eigenvalue weighted by atomic mass is 9.99. The Kier molecular flexibility index (Phi) is 5.33. The second-order valence-corrected chi connectivity index (χ2v) is 6.74. The fraction of sp³-hybridized carbons (Fsp3) is 0.667. The van der Waals surface area contributed by atoms with Crippen molar-refractivity contribution in [3.05, 3.63) is 16.1 Å². The molecule has 0 bridgehead atoms. The van der Waals surface area contributed by atoms with Gasteiger partial charge in [-0.2, -0.15) is 0 Å². The molecule has 1 fully saturated rings. The highest BCUT2D eigenvalue weighted by atomic mass is 32.1. The summed E-state index contributed by atoms with van der Waals surface area (Å²) in [6.45, 7) is 7.48. The molecule has 0 radical (unpaired) electrons. The van der Waals surface area contributed by atoms with Gasteiger partial charge < -0.3 is 10.2 Å². The minimum Gasteiger partial charge on any atom is -0.350 e. The molecule has 1 aliphatic heterocycles. The molecular weight excluding hydrogens is 286 g/mol. The molecule has 116 valence electrons. The van der Waals surface area contributed by atoms with Crippen LogP contribution in [0, 0.1) is 5.92 Å². The van der Waals surface area contributed by atoms with Crippen LogP contribution >= 0.6 is 11.3 Å². The fourth-order valence-corrected chi connectivity index (χ4v) is 3.39. The van der Waals surface area contributed by atoms with E-state index >= 15 is 0 Å². The first-order valence-electron chi connectivity index (χ1n) is 7.45. The molecule has 0 aliphatic carbocycles. The maximum Gasteiger partial charge on any atom is 0.222 e. The number of hydrogen-bond acceptors (Lipinski definition) is 4. The summed E-state index contributed by atoms with van der Waals surface area (Å²) >= 11 is 1.63. The predicted octanol–water partition coefficient (Wildman–Crippen LogP) is 2.14. The summed E-state index contributed by atoms with van der Waals surface area (Å²) in [6, 6.07) is 0. The van der Waals surface area contributed by atoms with Crippen LogP contribution in [0.3, 0.4) is 0 Å². The monoisotopic (exact) mass is 309 g/mol. The number of piperidine rings is 1. The Balaban J connectivity index is 1.93. The number of thiazole rings is 1. The van der Waals surface area contributed by atoms with Gasteiger partial charge >= 0.3 is 0 Å². The van der Waals surface area contributed by atoms with E-state index in [2.05, 4.69) is 10.3 Å². The molecule has 2 heterocycles. The van der Waals surface area contributed by atoms with Gasteiger partial charge in [0, 0.05) is 37.2 Å². The molecule has 2 rings (SSSR count). The van der Waals surface area contributed by atoms with Crippen molar-refractivity contribution >= 4 is 23.2 Å². The van der Waals surface area contributed by atoms with Gasteiger partial charge in [0.25, 0.3) is 0 Å². The Morgan fingerprint density at radius 2 is 2.29 bits per heavy atom. The SMILES string of the molecule is CC(=O)N1CCCC(c2nc(CNC(=O)C(C)C)cs2)C1. The molecular formula is C15H23N3O2S. The van der Waals surface area contributed by atoms with E-state index in [1.807, 2.05) is 24.1 Å². The van der Waals surface area contributed by atoms with Crippen LogP contribution in [0.5, 0.6) is 0 Å². The van der Waals surface area contributed by atoms with Gasteiger partial charge in [-0.15, -0.1) is 11.3 Å². The van der Waals surface area contributed by atoms with Crippen molar-refractivity contribution in [1.82, 2.24) is 15.2 Å². The Bertz CT molecular complexity index is 513. The van der Waals surface area contributed by atoms with E-state index in [0.717, 1.165) is 36.6 Å². The van der Waals surface area contributed by atoms with E-state index in [4.69, 9.17) is 0 Å². The van der Waals surface area contributed by atoms with Gasteiger partial charge in [0.15, 0.2) is 0 Å². The number of rotatable bonds is 4. The summed E-state index contributed by atoms with van der Waals surface area (Å²) in [4.78, 5) is 29.6. The van der Waals surface area contributed by atoms with E-state index in [1.165, 1.54) is 0 Å². The van der Waals surface area contributed by atoms with E-state index in [9.17, 15) is 9.59 Å². The van der Waals surface area contributed by atoms with Gasteiger partial charge in [-0.3, -0.25) is 9.59 Å². The maximum atomic E-state index is 11.6. The van der Waals surface area contributed by atoms with Gasteiger partial charge in [0.05, 0.1) is 17.2 Å². The average Bonchev–Trinajstić information content (AvgIpc) is 2.93. The zero-order valence-electron chi connectivity index (χ0n) is 12.9. The second kappa shape index (κ2) is 7.02. The summed E-state index contributed by atoms with van der Waals surface area (Å²) in [5.41, 5.74) is 0.906. The molecule has 0 spiro atoms. The van der Waals surface area contributed by atoms with Crippen LogP contribution in [0.25, 0.3) is 0 Å². The topological polar surface area (TPSA) is 62.3 Å². The number of nitrogens with one attached hydrogen (secondary N) is 1. The smallest absolute Gasteiger partial charge is 0.222 e.